The highest BCUT2D eigenvalue weighted by atomic mass is 16.5. The minimum Gasteiger partial charge on any atom is -0.378 e. The molecule has 0 N–H and O–H groups in total. The second-order valence-electron chi connectivity index (χ2n) is 5.96. The summed E-state index contributed by atoms with van der Waals surface area (Å²) in [5.41, 5.74) is 2.82. The molecule has 0 saturated carbocycles. The molecule has 0 spiro atoms. The lowest BCUT2D eigenvalue weighted by atomic mass is 10.0. The molecule has 0 radical (unpaired) electrons. The van der Waals surface area contributed by atoms with Crippen LogP contribution in [0.3, 0.4) is 0 Å². The fraction of sp³-hybridized carbons (Fsp3) is 0.625. The van der Waals surface area contributed by atoms with Crippen LogP contribution in [0.5, 0.6) is 0 Å². The molecule has 0 unspecified atom stereocenters. The monoisotopic (exact) mass is 260 g/mol. The van der Waals surface area contributed by atoms with Gasteiger partial charge < -0.3 is 9.64 Å². The van der Waals surface area contributed by atoms with Crippen molar-refractivity contribution in [2.24, 2.45) is 0 Å². The van der Waals surface area contributed by atoms with Gasteiger partial charge in [0.2, 0.25) is 0 Å². The first-order valence-electron chi connectivity index (χ1n) is 7.41. The highest BCUT2D eigenvalue weighted by Gasteiger charge is 2.28. The van der Waals surface area contributed by atoms with Crippen molar-refractivity contribution < 1.29 is 4.74 Å². The lowest BCUT2D eigenvalue weighted by Crippen LogP contribution is -2.56. The molecule has 1 aromatic carbocycles. The molecular formula is C16H24N2O. The minimum atomic E-state index is 0.605. The van der Waals surface area contributed by atoms with E-state index in [0.717, 1.165) is 26.3 Å². The molecule has 0 atom stereocenters. The van der Waals surface area contributed by atoms with Gasteiger partial charge in [0.25, 0.3) is 0 Å². The molecule has 2 aliphatic rings. The van der Waals surface area contributed by atoms with Gasteiger partial charge in [-0.25, -0.2) is 0 Å². The van der Waals surface area contributed by atoms with E-state index in [1.165, 1.54) is 24.3 Å². The zero-order valence-electron chi connectivity index (χ0n) is 12.0. The van der Waals surface area contributed by atoms with E-state index in [1.54, 1.807) is 0 Å². The Morgan fingerprint density at radius 2 is 1.84 bits per heavy atom. The van der Waals surface area contributed by atoms with Crippen molar-refractivity contribution >= 4 is 5.69 Å². The van der Waals surface area contributed by atoms with Gasteiger partial charge in [0, 0.05) is 31.9 Å². The van der Waals surface area contributed by atoms with Gasteiger partial charge >= 0.3 is 0 Å². The average Bonchev–Trinajstić information content (AvgIpc) is 2.38. The van der Waals surface area contributed by atoms with Crippen LogP contribution in [0.1, 0.15) is 25.3 Å². The Kier molecular flexibility index (Phi) is 3.76. The SMILES string of the molecule is CC(C)c1cccc(N2CCN(C3COC3)CC2)c1. The van der Waals surface area contributed by atoms with E-state index in [4.69, 9.17) is 4.74 Å². The summed E-state index contributed by atoms with van der Waals surface area (Å²) in [6, 6.07) is 9.71. The van der Waals surface area contributed by atoms with Gasteiger partial charge in [-0.2, -0.15) is 0 Å². The van der Waals surface area contributed by atoms with E-state index in [9.17, 15) is 0 Å². The van der Waals surface area contributed by atoms with Crippen molar-refractivity contribution in [2.75, 3.05) is 44.3 Å². The third-order valence-electron chi connectivity index (χ3n) is 4.35. The largest absolute Gasteiger partial charge is 0.378 e. The fourth-order valence-electron chi connectivity index (χ4n) is 2.86. The van der Waals surface area contributed by atoms with Crippen LogP contribution in [0.15, 0.2) is 24.3 Å². The summed E-state index contributed by atoms with van der Waals surface area (Å²) in [5, 5.41) is 0. The molecule has 0 amide bonds. The molecule has 3 rings (SSSR count). The molecule has 0 aromatic heterocycles. The van der Waals surface area contributed by atoms with Crippen LogP contribution in [-0.2, 0) is 4.74 Å². The van der Waals surface area contributed by atoms with Gasteiger partial charge in [-0.05, 0) is 23.6 Å². The molecule has 0 bridgehead atoms. The molecular weight excluding hydrogens is 236 g/mol. The first-order valence-corrected chi connectivity index (χ1v) is 7.41. The van der Waals surface area contributed by atoms with Crippen LogP contribution in [0, 0.1) is 0 Å². The number of hydrogen-bond donors (Lipinski definition) is 0. The van der Waals surface area contributed by atoms with Gasteiger partial charge in [-0.3, -0.25) is 4.90 Å². The Morgan fingerprint density at radius 3 is 2.42 bits per heavy atom. The lowest BCUT2D eigenvalue weighted by molar-refractivity contribution is -0.0660. The molecule has 1 aromatic rings. The zero-order chi connectivity index (χ0) is 13.2. The van der Waals surface area contributed by atoms with Crippen molar-refractivity contribution in [3.63, 3.8) is 0 Å². The number of piperazine rings is 1. The van der Waals surface area contributed by atoms with Crippen LogP contribution in [0.4, 0.5) is 5.69 Å². The van der Waals surface area contributed by atoms with Crippen LogP contribution in [0.2, 0.25) is 0 Å². The fourth-order valence-corrected chi connectivity index (χ4v) is 2.86. The minimum absolute atomic E-state index is 0.605. The Bertz CT molecular complexity index is 421. The maximum absolute atomic E-state index is 5.29. The van der Waals surface area contributed by atoms with E-state index in [0.29, 0.717) is 12.0 Å². The number of benzene rings is 1. The average molecular weight is 260 g/mol. The van der Waals surface area contributed by atoms with Crippen molar-refractivity contribution in [3.05, 3.63) is 29.8 Å². The second-order valence-corrected chi connectivity index (χ2v) is 5.96. The van der Waals surface area contributed by atoms with Gasteiger partial charge in [0.05, 0.1) is 19.3 Å². The third-order valence-corrected chi connectivity index (χ3v) is 4.35. The standard InChI is InChI=1S/C16H24N2O/c1-13(2)14-4-3-5-15(10-14)17-6-8-18(9-7-17)16-11-19-12-16/h3-5,10,13,16H,6-9,11-12H2,1-2H3. The maximum atomic E-state index is 5.29. The topological polar surface area (TPSA) is 15.7 Å². The predicted molar refractivity (Wildman–Crippen MR) is 78.9 cm³/mol. The summed E-state index contributed by atoms with van der Waals surface area (Å²) in [5.74, 6) is 0.605. The number of ether oxygens (including phenoxy) is 1. The molecule has 2 fully saturated rings. The number of rotatable bonds is 3. The summed E-state index contributed by atoms with van der Waals surface area (Å²) in [6.45, 7) is 11.0. The molecule has 3 nitrogen and oxygen atoms in total. The molecule has 0 aliphatic carbocycles. The number of hydrogen-bond acceptors (Lipinski definition) is 3. The third kappa shape index (κ3) is 2.77. The molecule has 2 aliphatic heterocycles. The zero-order valence-corrected chi connectivity index (χ0v) is 12.0. The Hall–Kier alpha value is -1.06. The van der Waals surface area contributed by atoms with E-state index in [1.807, 2.05) is 0 Å². The number of anilines is 1. The van der Waals surface area contributed by atoms with E-state index >= 15 is 0 Å². The molecule has 104 valence electrons. The van der Waals surface area contributed by atoms with Gasteiger partial charge in [0.15, 0.2) is 0 Å². The second kappa shape index (κ2) is 5.51. The molecule has 19 heavy (non-hydrogen) atoms. The van der Waals surface area contributed by atoms with E-state index in [-0.39, 0.29) is 0 Å². The summed E-state index contributed by atoms with van der Waals surface area (Å²) in [7, 11) is 0. The predicted octanol–water partition coefficient (Wildman–Crippen LogP) is 2.33. The van der Waals surface area contributed by atoms with Crippen LogP contribution in [0.25, 0.3) is 0 Å². The first kappa shape index (κ1) is 12.9. The van der Waals surface area contributed by atoms with Crippen LogP contribution >= 0.6 is 0 Å². The van der Waals surface area contributed by atoms with Gasteiger partial charge in [-0.15, -0.1) is 0 Å². The molecule has 3 heteroatoms. The van der Waals surface area contributed by atoms with Crippen molar-refractivity contribution in [2.45, 2.75) is 25.8 Å². The lowest BCUT2D eigenvalue weighted by Gasteiger charge is -2.43. The van der Waals surface area contributed by atoms with Gasteiger partial charge in [0.1, 0.15) is 0 Å². The molecule has 2 heterocycles. The van der Waals surface area contributed by atoms with E-state index < -0.39 is 0 Å². The molecule has 2 saturated heterocycles. The summed E-state index contributed by atoms with van der Waals surface area (Å²) < 4.78 is 5.29. The van der Waals surface area contributed by atoms with Crippen LogP contribution in [-0.4, -0.2) is 50.3 Å². The maximum Gasteiger partial charge on any atom is 0.0645 e. The highest BCUT2D eigenvalue weighted by Crippen LogP contribution is 2.23. The smallest absolute Gasteiger partial charge is 0.0645 e. The normalized spacial score (nSPS) is 21.7. The Labute approximate surface area is 116 Å². The van der Waals surface area contributed by atoms with Crippen molar-refractivity contribution in [3.8, 4) is 0 Å². The first-order chi connectivity index (χ1) is 9.24. The van der Waals surface area contributed by atoms with Crippen molar-refractivity contribution in [1.82, 2.24) is 4.90 Å². The number of nitrogens with zero attached hydrogens (tertiary/aromatic N) is 2. The Morgan fingerprint density at radius 1 is 1.11 bits per heavy atom. The van der Waals surface area contributed by atoms with Crippen molar-refractivity contribution in [1.29, 1.82) is 0 Å². The van der Waals surface area contributed by atoms with E-state index in [2.05, 4.69) is 47.9 Å². The summed E-state index contributed by atoms with van der Waals surface area (Å²) >= 11 is 0. The van der Waals surface area contributed by atoms with Gasteiger partial charge in [-0.1, -0.05) is 26.0 Å². The summed E-state index contributed by atoms with van der Waals surface area (Å²) in [6.07, 6.45) is 0. The summed E-state index contributed by atoms with van der Waals surface area (Å²) in [4.78, 5) is 5.09. The highest BCUT2D eigenvalue weighted by molar-refractivity contribution is 5.49. The van der Waals surface area contributed by atoms with Crippen LogP contribution < -0.4 is 4.90 Å². The Balaban J connectivity index is 1.62. The quantitative estimate of drug-likeness (QED) is 0.829.